The Hall–Kier alpha value is -2.70. The monoisotopic (exact) mass is 264 g/mol. The zero-order valence-corrected chi connectivity index (χ0v) is 10.1. The summed E-state index contributed by atoms with van der Waals surface area (Å²) in [7, 11) is 1.42. The van der Waals surface area contributed by atoms with Gasteiger partial charge in [-0.25, -0.2) is 9.78 Å². The molecule has 1 aromatic heterocycles. The number of aromatic hydroxyl groups is 1. The average Bonchev–Trinajstić information content (AvgIpc) is 2.90. The number of carbonyl (C=O) groups excluding carboxylic acids is 1. The van der Waals surface area contributed by atoms with Crippen molar-refractivity contribution in [3.05, 3.63) is 36.4 Å². The summed E-state index contributed by atoms with van der Waals surface area (Å²) < 4.78 is 14.6. The molecule has 7 nitrogen and oxygen atoms in total. The number of rotatable bonds is 4. The molecule has 0 aliphatic carbocycles. The molecular formula is C12H12N2O5. The highest BCUT2D eigenvalue weighted by Gasteiger charge is 2.10. The van der Waals surface area contributed by atoms with E-state index in [0.29, 0.717) is 5.82 Å². The van der Waals surface area contributed by atoms with Crippen LogP contribution in [0.4, 0.5) is 4.79 Å². The molecule has 0 fully saturated rings. The van der Waals surface area contributed by atoms with Crippen LogP contribution in [0.15, 0.2) is 30.6 Å². The number of phenolic OH excluding ortho intramolecular Hbond substituents is 1. The standard InChI is InChI=1S/C12H12N2O5/c1-17-10-3-2-8(6-9(10)15)19-12(16)18-7-11-13-4-5-14-11/h2-6,15H,7H2,1H3,(H,13,14). The smallest absolute Gasteiger partial charge is 0.504 e. The van der Waals surface area contributed by atoms with Crippen molar-refractivity contribution >= 4 is 6.16 Å². The normalized spacial score (nSPS) is 9.95. The number of ether oxygens (including phenoxy) is 3. The van der Waals surface area contributed by atoms with Crippen LogP contribution in [-0.2, 0) is 11.3 Å². The van der Waals surface area contributed by atoms with Crippen molar-refractivity contribution in [1.29, 1.82) is 0 Å². The van der Waals surface area contributed by atoms with Crippen LogP contribution in [-0.4, -0.2) is 28.3 Å². The van der Waals surface area contributed by atoms with Gasteiger partial charge in [0.15, 0.2) is 18.1 Å². The van der Waals surface area contributed by atoms with Gasteiger partial charge in [0.1, 0.15) is 11.6 Å². The topological polar surface area (TPSA) is 93.7 Å². The first-order chi connectivity index (χ1) is 9.19. The second kappa shape index (κ2) is 5.76. The minimum atomic E-state index is -0.888. The molecular weight excluding hydrogens is 252 g/mol. The fourth-order valence-corrected chi connectivity index (χ4v) is 1.36. The molecule has 0 unspecified atom stereocenters. The van der Waals surface area contributed by atoms with Gasteiger partial charge in [0.2, 0.25) is 0 Å². The lowest BCUT2D eigenvalue weighted by atomic mass is 10.3. The third-order valence-corrected chi connectivity index (χ3v) is 2.23. The van der Waals surface area contributed by atoms with Crippen LogP contribution in [0.25, 0.3) is 0 Å². The van der Waals surface area contributed by atoms with Crippen molar-refractivity contribution < 1.29 is 24.1 Å². The van der Waals surface area contributed by atoms with E-state index in [9.17, 15) is 9.90 Å². The lowest BCUT2D eigenvalue weighted by Crippen LogP contribution is -2.11. The van der Waals surface area contributed by atoms with Gasteiger partial charge >= 0.3 is 6.16 Å². The molecule has 0 amide bonds. The van der Waals surface area contributed by atoms with Crippen molar-refractivity contribution in [2.75, 3.05) is 7.11 Å². The van der Waals surface area contributed by atoms with Crippen molar-refractivity contribution in [3.63, 3.8) is 0 Å². The van der Waals surface area contributed by atoms with E-state index in [1.165, 1.54) is 25.3 Å². The molecule has 2 N–H and O–H groups in total. The van der Waals surface area contributed by atoms with Crippen molar-refractivity contribution in [2.24, 2.45) is 0 Å². The molecule has 0 aliphatic heterocycles. The average molecular weight is 264 g/mol. The molecule has 0 bridgehead atoms. The molecule has 19 heavy (non-hydrogen) atoms. The Labute approximate surface area is 108 Å². The van der Waals surface area contributed by atoms with Gasteiger partial charge in [-0.1, -0.05) is 0 Å². The molecule has 1 aromatic carbocycles. The molecule has 0 saturated carbocycles. The lowest BCUT2D eigenvalue weighted by molar-refractivity contribution is 0.0905. The van der Waals surface area contributed by atoms with Gasteiger partial charge in [-0.05, 0) is 12.1 Å². The van der Waals surface area contributed by atoms with Gasteiger partial charge in [-0.3, -0.25) is 0 Å². The lowest BCUT2D eigenvalue weighted by Gasteiger charge is -2.07. The molecule has 7 heteroatoms. The summed E-state index contributed by atoms with van der Waals surface area (Å²) >= 11 is 0. The van der Waals surface area contributed by atoms with E-state index in [1.54, 1.807) is 12.4 Å². The molecule has 1 heterocycles. The van der Waals surface area contributed by atoms with Gasteiger partial charge < -0.3 is 24.3 Å². The zero-order chi connectivity index (χ0) is 13.7. The van der Waals surface area contributed by atoms with Gasteiger partial charge in [-0.15, -0.1) is 0 Å². The third kappa shape index (κ3) is 3.38. The van der Waals surface area contributed by atoms with E-state index in [1.807, 2.05) is 0 Å². The molecule has 0 spiro atoms. The number of phenols is 1. The highest BCUT2D eigenvalue weighted by atomic mass is 16.7. The summed E-state index contributed by atoms with van der Waals surface area (Å²) in [6, 6.07) is 4.21. The van der Waals surface area contributed by atoms with Crippen LogP contribution in [0.2, 0.25) is 0 Å². The first-order valence-electron chi connectivity index (χ1n) is 5.39. The number of hydrogen-bond acceptors (Lipinski definition) is 6. The fourth-order valence-electron chi connectivity index (χ4n) is 1.36. The number of aromatic nitrogens is 2. The summed E-state index contributed by atoms with van der Waals surface area (Å²) in [6.07, 6.45) is 2.28. The minimum absolute atomic E-state index is 0.0199. The summed E-state index contributed by atoms with van der Waals surface area (Å²) in [5.74, 6) is 0.826. The Morgan fingerprint density at radius 1 is 1.47 bits per heavy atom. The fraction of sp³-hybridized carbons (Fsp3) is 0.167. The largest absolute Gasteiger partial charge is 0.514 e. The number of benzene rings is 1. The summed E-state index contributed by atoms with van der Waals surface area (Å²) in [4.78, 5) is 18.0. The van der Waals surface area contributed by atoms with Gasteiger partial charge in [0, 0.05) is 18.5 Å². The number of aromatic amines is 1. The van der Waals surface area contributed by atoms with Gasteiger partial charge in [0.05, 0.1) is 7.11 Å². The number of carbonyl (C=O) groups is 1. The highest BCUT2D eigenvalue weighted by Crippen LogP contribution is 2.29. The summed E-state index contributed by atoms with van der Waals surface area (Å²) in [6.45, 7) is -0.0199. The predicted octanol–water partition coefficient (Wildman–Crippen LogP) is 1.84. The van der Waals surface area contributed by atoms with Gasteiger partial charge in [-0.2, -0.15) is 0 Å². The molecule has 0 radical (unpaired) electrons. The number of methoxy groups -OCH3 is 1. The van der Waals surface area contributed by atoms with Crippen LogP contribution in [0.5, 0.6) is 17.2 Å². The molecule has 2 aromatic rings. The van der Waals surface area contributed by atoms with Crippen molar-refractivity contribution in [3.8, 4) is 17.2 Å². The SMILES string of the molecule is COc1ccc(OC(=O)OCc2ncc[nH]2)cc1O. The Morgan fingerprint density at radius 3 is 2.95 bits per heavy atom. The second-order valence-electron chi connectivity index (χ2n) is 3.51. The van der Waals surface area contributed by atoms with E-state index < -0.39 is 6.16 Å². The van der Waals surface area contributed by atoms with E-state index in [-0.39, 0.29) is 23.9 Å². The molecule has 0 aliphatic rings. The van der Waals surface area contributed by atoms with Crippen molar-refractivity contribution in [2.45, 2.75) is 6.61 Å². The van der Waals surface area contributed by atoms with Crippen LogP contribution >= 0.6 is 0 Å². The molecule has 0 atom stereocenters. The third-order valence-electron chi connectivity index (χ3n) is 2.23. The second-order valence-corrected chi connectivity index (χ2v) is 3.51. The Morgan fingerprint density at radius 2 is 2.32 bits per heavy atom. The zero-order valence-electron chi connectivity index (χ0n) is 10.1. The number of nitrogens with one attached hydrogen (secondary N) is 1. The highest BCUT2D eigenvalue weighted by molar-refractivity contribution is 5.64. The molecule has 0 saturated heterocycles. The maximum Gasteiger partial charge on any atom is 0.514 e. The first-order valence-corrected chi connectivity index (χ1v) is 5.39. The predicted molar refractivity (Wildman–Crippen MR) is 64.1 cm³/mol. The maximum absolute atomic E-state index is 11.4. The molecule has 100 valence electrons. The van der Waals surface area contributed by atoms with Gasteiger partial charge in [0.25, 0.3) is 0 Å². The van der Waals surface area contributed by atoms with Crippen LogP contribution in [0.1, 0.15) is 5.82 Å². The first kappa shape index (κ1) is 12.7. The van der Waals surface area contributed by atoms with E-state index in [2.05, 4.69) is 9.97 Å². The number of imidazole rings is 1. The number of H-pyrrole nitrogens is 1. The Balaban J connectivity index is 1.90. The summed E-state index contributed by atoms with van der Waals surface area (Å²) in [5, 5.41) is 9.51. The summed E-state index contributed by atoms with van der Waals surface area (Å²) in [5.41, 5.74) is 0. The van der Waals surface area contributed by atoms with E-state index in [4.69, 9.17) is 14.2 Å². The van der Waals surface area contributed by atoms with E-state index in [0.717, 1.165) is 0 Å². The Bertz CT molecular complexity index is 553. The van der Waals surface area contributed by atoms with Crippen LogP contribution in [0, 0.1) is 0 Å². The molecule has 2 rings (SSSR count). The maximum atomic E-state index is 11.4. The number of nitrogens with zero attached hydrogens (tertiary/aromatic N) is 1. The van der Waals surface area contributed by atoms with Crippen LogP contribution < -0.4 is 9.47 Å². The van der Waals surface area contributed by atoms with E-state index >= 15 is 0 Å². The van der Waals surface area contributed by atoms with Crippen LogP contribution in [0.3, 0.4) is 0 Å². The minimum Gasteiger partial charge on any atom is -0.504 e. The quantitative estimate of drug-likeness (QED) is 0.646. The Kier molecular flexibility index (Phi) is 3.87. The van der Waals surface area contributed by atoms with Crippen molar-refractivity contribution in [1.82, 2.24) is 9.97 Å². The number of hydrogen-bond donors (Lipinski definition) is 2.